The largest absolute Gasteiger partial charge is 0.396 e. The Hall–Kier alpha value is -3.48. The lowest BCUT2D eigenvalue weighted by Crippen LogP contribution is -2.07. The molecule has 162 valence electrons. The Morgan fingerprint density at radius 2 is 1.84 bits per heavy atom. The topological polar surface area (TPSA) is 80.0 Å². The molecule has 1 heterocycles. The van der Waals surface area contributed by atoms with E-state index >= 15 is 0 Å². The lowest BCUT2D eigenvalue weighted by atomic mass is 9.98. The van der Waals surface area contributed by atoms with Gasteiger partial charge in [-0.15, -0.1) is 5.10 Å². The molecule has 7 heteroatoms. The molecule has 0 saturated heterocycles. The maximum absolute atomic E-state index is 13.3. The van der Waals surface area contributed by atoms with Crippen molar-refractivity contribution in [3.63, 3.8) is 0 Å². The van der Waals surface area contributed by atoms with E-state index in [1.807, 2.05) is 56.3 Å². The zero-order valence-corrected chi connectivity index (χ0v) is 18.6. The molecule has 1 aromatic heterocycles. The molecule has 0 radical (unpaired) electrons. The van der Waals surface area contributed by atoms with Crippen LogP contribution >= 0.6 is 11.6 Å². The van der Waals surface area contributed by atoms with Crippen LogP contribution in [0, 0.1) is 13.8 Å². The van der Waals surface area contributed by atoms with Crippen molar-refractivity contribution in [3.05, 3.63) is 99.8 Å². The van der Waals surface area contributed by atoms with Gasteiger partial charge in [-0.25, -0.2) is 4.68 Å². The van der Waals surface area contributed by atoms with Crippen LogP contribution < -0.4 is 5.32 Å². The Balaban J connectivity index is 1.61. The summed E-state index contributed by atoms with van der Waals surface area (Å²) < 4.78 is 1.60. The first-order valence-corrected chi connectivity index (χ1v) is 10.6. The van der Waals surface area contributed by atoms with Gasteiger partial charge in [0.15, 0.2) is 5.78 Å². The van der Waals surface area contributed by atoms with E-state index in [1.54, 1.807) is 29.1 Å². The minimum absolute atomic E-state index is 0.00349. The molecule has 0 atom stereocenters. The minimum Gasteiger partial charge on any atom is -0.396 e. The number of para-hydroxylation sites is 1. The molecular weight excluding hydrogens is 424 g/mol. The van der Waals surface area contributed by atoms with Crippen LogP contribution in [-0.4, -0.2) is 32.5 Å². The van der Waals surface area contributed by atoms with Gasteiger partial charge < -0.3 is 10.4 Å². The highest BCUT2D eigenvalue weighted by Crippen LogP contribution is 2.28. The quantitative estimate of drug-likeness (QED) is 0.388. The number of benzene rings is 3. The number of aromatic nitrogens is 3. The van der Waals surface area contributed by atoms with Gasteiger partial charge in [0.25, 0.3) is 0 Å². The fourth-order valence-electron chi connectivity index (χ4n) is 3.44. The number of hydrogen-bond donors (Lipinski definition) is 2. The van der Waals surface area contributed by atoms with Gasteiger partial charge in [-0.1, -0.05) is 41.1 Å². The average molecular weight is 447 g/mol. The summed E-state index contributed by atoms with van der Waals surface area (Å²) in [6.45, 7) is 3.92. The van der Waals surface area contributed by atoms with Crippen LogP contribution in [0.25, 0.3) is 5.69 Å². The average Bonchev–Trinajstić information content (AvgIpc) is 3.24. The molecule has 3 aromatic carbocycles. The number of carbonyl (C=O) groups is 1. The molecule has 6 nitrogen and oxygen atoms in total. The van der Waals surface area contributed by atoms with E-state index in [-0.39, 0.29) is 12.4 Å². The highest BCUT2D eigenvalue weighted by atomic mass is 35.5. The van der Waals surface area contributed by atoms with E-state index in [0.717, 1.165) is 22.5 Å². The summed E-state index contributed by atoms with van der Waals surface area (Å²) in [5, 5.41) is 20.9. The first kappa shape index (κ1) is 21.7. The first-order valence-electron chi connectivity index (χ1n) is 10.3. The van der Waals surface area contributed by atoms with Crippen molar-refractivity contribution in [2.75, 3.05) is 11.9 Å². The third-order valence-electron chi connectivity index (χ3n) is 5.28. The van der Waals surface area contributed by atoms with E-state index in [4.69, 9.17) is 16.7 Å². The fourth-order valence-corrected chi connectivity index (χ4v) is 3.71. The van der Waals surface area contributed by atoms with Gasteiger partial charge >= 0.3 is 0 Å². The number of hydrogen-bond acceptors (Lipinski definition) is 5. The van der Waals surface area contributed by atoms with Crippen LogP contribution in [0.4, 0.5) is 11.4 Å². The molecule has 2 N–H and O–H groups in total. The fraction of sp³-hybridized carbons (Fsp3) is 0.160. The molecule has 4 rings (SSSR count). The molecule has 0 fully saturated rings. The van der Waals surface area contributed by atoms with Gasteiger partial charge in [0.1, 0.15) is 0 Å². The highest BCUT2D eigenvalue weighted by Gasteiger charge is 2.17. The van der Waals surface area contributed by atoms with Crippen LogP contribution in [0.5, 0.6) is 0 Å². The number of aliphatic hydroxyl groups is 1. The monoisotopic (exact) mass is 446 g/mol. The summed E-state index contributed by atoms with van der Waals surface area (Å²) in [7, 11) is 0. The van der Waals surface area contributed by atoms with Crippen molar-refractivity contribution in [2.45, 2.75) is 20.3 Å². The van der Waals surface area contributed by atoms with Gasteiger partial charge in [0, 0.05) is 35.5 Å². The van der Waals surface area contributed by atoms with Gasteiger partial charge in [-0.2, -0.15) is 0 Å². The van der Waals surface area contributed by atoms with E-state index in [9.17, 15) is 4.79 Å². The van der Waals surface area contributed by atoms with Crippen LogP contribution in [0.15, 0.2) is 66.9 Å². The molecule has 0 aliphatic rings. The summed E-state index contributed by atoms with van der Waals surface area (Å²) in [6.07, 6.45) is 2.17. The van der Waals surface area contributed by atoms with E-state index < -0.39 is 0 Å². The van der Waals surface area contributed by atoms with Gasteiger partial charge in [-0.05, 0) is 61.4 Å². The normalized spacial score (nSPS) is 10.9. The van der Waals surface area contributed by atoms with Gasteiger partial charge in [0.2, 0.25) is 0 Å². The number of halogens is 1. The molecule has 4 aromatic rings. The molecule has 0 bridgehead atoms. The molecule has 0 saturated carbocycles. The van der Waals surface area contributed by atoms with Crippen molar-refractivity contribution in [1.82, 2.24) is 15.0 Å². The lowest BCUT2D eigenvalue weighted by Gasteiger charge is -2.12. The van der Waals surface area contributed by atoms with Crippen LogP contribution in [0.3, 0.4) is 0 Å². The van der Waals surface area contributed by atoms with Crippen molar-refractivity contribution in [3.8, 4) is 5.69 Å². The van der Waals surface area contributed by atoms with Crippen LogP contribution in [0.2, 0.25) is 5.02 Å². The minimum atomic E-state index is -0.160. The Bertz CT molecular complexity index is 1280. The number of rotatable bonds is 7. The summed E-state index contributed by atoms with van der Waals surface area (Å²) in [6, 6.07) is 18.9. The van der Waals surface area contributed by atoms with Crippen molar-refractivity contribution >= 4 is 28.8 Å². The number of nitrogens with one attached hydrogen (secondary N) is 1. The second-order valence-electron chi connectivity index (χ2n) is 7.59. The zero-order chi connectivity index (χ0) is 22.7. The SMILES string of the molecule is Cc1ccccc1Nc1ccc(C(=O)c2cc(-n3cc(CCO)nn3)ccc2C)c(Cl)c1. The van der Waals surface area contributed by atoms with Crippen LogP contribution in [0.1, 0.15) is 32.7 Å². The molecule has 0 amide bonds. The Morgan fingerprint density at radius 1 is 1.03 bits per heavy atom. The third-order valence-corrected chi connectivity index (χ3v) is 5.59. The molecule has 32 heavy (non-hydrogen) atoms. The zero-order valence-electron chi connectivity index (χ0n) is 17.8. The molecule has 0 aliphatic heterocycles. The predicted molar refractivity (Wildman–Crippen MR) is 126 cm³/mol. The van der Waals surface area contributed by atoms with Crippen molar-refractivity contribution in [2.24, 2.45) is 0 Å². The van der Waals surface area contributed by atoms with Gasteiger partial charge in [-0.3, -0.25) is 4.79 Å². The van der Waals surface area contributed by atoms with Gasteiger partial charge in [0.05, 0.1) is 22.6 Å². The number of aryl methyl sites for hydroxylation is 2. The molecule has 0 aliphatic carbocycles. The summed E-state index contributed by atoms with van der Waals surface area (Å²) in [5.41, 5.74) is 6.12. The standard InChI is InChI=1S/C25H23ClN4O2/c1-16-7-9-20(30-15-19(11-12-31)28-29-30)14-22(16)25(32)21-10-8-18(13-23(21)26)27-24-6-4-3-5-17(24)2/h3-10,13-15,27,31H,11-12H2,1-2H3. The predicted octanol–water partition coefficient (Wildman–Crippen LogP) is 5.05. The summed E-state index contributed by atoms with van der Waals surface area (Å²) >= 11 is 6.52. The van der Waals surface area contributed by atoms with E-state index in [2.05, 4.69) is 15.6 Å². The van der Waals surface area contributed by atoms with E-state index in [0.29, 0.717) is 34.0 Å². The smallest absolute Gasteiger partial charge is 0.194 e. The molecular formula is C25H23ClN4O2. The molecule has 0 spiro atoms. The Kier molecular flexibility index (Phi) is 6.35. The highest BCUT2D eigenvalue weighted by molar-refractivity contribution is 6.35. The number of anilines is 2. The van der Waals surface area contributed by atoms with Crippen molar-refractivity contribution in [1.29, 1.82) is 0 Å². The third kappa shape index (κ3) is 4.56. The van der Waals surface area contributed by atoms with E-state index in [1.165, 1.54) is 0 Å². The number of ketones is 1. The van der Waals surface area contributed by atoms with Crippen molar-refractivity contribution < 1.29 is 9.90 Å². The number of carbonyl (C=O) groups excluding carboxylic acids is 1. The number of nitrogens with zero attached hydrogens (tertiary/aromatic N) is 3. The summed E-state index contributed by atoms with van der Waals surface area (Å²) in [4.78, 5) is 13.3. The Morgan fingerprint density at radius 3 is 2.59 bits per heavy atom. The second kappa shape index (κ2) is 9.34. The maximum atomic E-state index is 13.3. The summed E-state index contributed by atoms with van der Waals surface area (Å²) in [5.74, 6) is -0.160. The molecule has 0 unspecified atom stereocenters. The first-order chi connectivity index (χ1) is 15.5. The Labute approximate surface area is 191 Å². The maximum Gasteiger partial charge on any atom is 0.194 e. The number of aliphatic hydroxyl groups excluding tert-OH is 1. The lowest BCUT2D eigenvalue weighted by molar-refractivity contribution is 0.103. The second-order valence-corrected chi connectivity index (χ2v) is 8.00. The van der Waals surface area contributed by atoms with Crippen LogP contribution in [-0.2, 0) is 6.42 Å².